The molecule has 6 aromatic rings. The van der Waals surface area contributed by atoms with Crippen molar-refractivity contribution in [3.63, 3.8) is 0 Å². The summed E-state index contributed by atoms with van der Waals surface area (Å²) in [5.74, 6) is 0. The van der Waals surface area contributed by atoms with Gasteiger partial charge in [-0.1, -0.05) is 72.8 Å². The lowest BCUT2D eigenvalue weighted by Gasteiger charge is -2.15. The van der Waals surface area contributed by atoms with Crippen LogP contribution in [0.5, 0.6) is 0 Å². The molecule has 0 amide bonds. The molecule has 202 valence electrons. The molecule has 0 aliphatic rings. The molecule has 0 saturated heterocycles. The SMILES string of the molecule is O=S(=O)(c1ccccc1)n1c(CCc2c(Br)c3ccccc3n2S(=O)(=O)c2ccccc2)c(Br)c2ccccc21. The Morgan fingerprint density at radius 1 is 0.475 bits per heavy atom. The molecule has 0 radical (unpaired) electrons. The van der Waals surface area contributed by atoms with Crippen molar-refractivity contribution in [3.8, 4) is 0 Å². The lowest BCUT2D eigenvalue weighted by atomic mass is 10.1. The number of benzene rings is 4. The first kappa shape index (κ1) is 27.0. The van der Waals surface area contributed by atoms with Crippen LogP contribution in [-0.2, 0) is 32.9 Å². The van der Waals surface area contributed by atoms with E-state index < -0.39 is 20.0 Å². The van der Waals surface area contributed by atoms with E-state index in [9.17, 15) is 16.8 Å². The van der Waals surface area contributed by atoms with Crippen molar-refractivity contribution < 1.29 is 16.8 Å². The minimum Gasteiger partial charge on any atom is -0.237 e. The Morgan fingerprint density at radius 3 is 1.18 bits per heavy atom. The smallest absolute Gasteiger partial charge is 0.237 e. The highest BCUT2D eigenvalue weighted by Gasteiger charge is 2.29. The van der Waals surface area contributed by atoms with Crippen molar-refractivity contribution in [2.75, 3.05) is 0 Å². The Morgan fingerprint density at radius 2 is 0.800 bits per heavy atom. The molecular weight excluding hydrogens is 676 g/mol. The molecule has 0 aliphatic heterocycles. The van der Waals surface area contributed by atoms with Gasteiger partial charge in [0, 0.05) is 19.7 Å². The zero-order chi connectivity index (χ0) is 28.1. The second-order valence-electron chi connectivity index (χ2n) is 9.22. The number of para-hydroxylation sites is 2. The fraction of sp³-hybridized carbons (Fsp3) is 0.0667. The summed E-state index contributed by atoms with van der Waals surface area (Å²) in [5, 5.41) is 1.52. The lowest BCUT2D eigenvalue weighted by molar-refractivity contribution is 0.582. The summed E-state index contributed by atoms with van der Waals surface area (Å²) in [7, 11) is -7.89. The van der Waals surface area contributed by atoms with Gasteiger partial charge >= 0.3 is 0 Å². The van der Waals surface area contributed by atoms with E-state index in [2.05, 4.69) is 31.9 Å². The van der Waals surface area contributed by atoms with Gasteiger partial charge < -0.3 is 0 Å². The monoisotopic (exact) mass is 696 g/mol. The number of aromatic nitrogens is 2. The number of halogens is 2. The van der Waals surface area contributed by atoms with Crippen molar-refractivity contribution >= 4 is 73.7 Å². The molecule has 0 N–H and O–H groups in total. The fourth-order valence-electron chi connectivity index (χ4n) is 5.06. The Balaban J connectivity index is 1.54. The van der Waals surface area contributed by atoms with Gasteiger partial charge in [0.15, 0.2) is 0 Å². The highest BCUT2D eigenvalue weighted by molar-refractivity contribution is 9.11. The molecule has 10 heteroatoms. The van der Waals surface area contributed by atoms with Crippen molar-refractivity contribution in [1.29, 1.82) is 0 Å². The third kappa shape index (κ3) is 4.34. The van der Waals surface area contributed by atoms with Gasteiger partial charge in [0.1, 0.15) is 0 Å². The van der Waals surface area contributed by atoms with E-state index in [1.807, 2.05) is 24.3 Å². The molecule has 0 fully saturated rings. The molecule has 0 unspecified atom stereocenters. The van der Waals surface area contributed by atoms with Crippen LogP contribution in [0.1, 0.15) is 11.4 Å². The summed E-state index contributed by atoms with van der Waals surface area (Å²) in [6.45, 7) is 0. The number of rotatable bonds is 7. The highest BCUT2D eigenvalue weighted by atomic mass is 79.9. The first-order chi connectivity index (χ1) is 19.2. The molecule has 4 aromatic carbocycles. The van der Waals surface area contributed by atoms with E-state index in [1.165, 1.54) is 7.94 Å². The van der Waals surface area contributed by atoms with Gasteiger partial charge in [-0.15, -0.1) is 0 Å². The predicted octanol–water partition coefficient (Wildman–Crippen LogP) is 7.38. The van der Waals surface area contributed by atoms with E-state index in [-0.39, 0.29) is 22.6 Å². The number of hydrogen-bond donors (Lipinski definition) is 0. The van der Waals surface area contributed by atoms with Crippen LogP contribution in [0.4, 0.5) is 0 Å². The molecular formula is C30H22Br2N2O4S2. The molecule has 2 aromatic heterocycles. The van der Waals surface area contributed by atoms with Crippen LogP contribution in [0.15, 0.2) is 128 Å². The number of hydrogen-bond acceptors (Lipinski definition) is 4. The Hall–Kier alpha value is -3.18. The van der Waals surface area contributed by atoms with Crippen molar-refractivity contribution in [3.05, 3.63) is 130 Å². The topological polar surface area (TPSA) is 78.1 Å². The van der Waals surface area contributed by atoms with Crippen LogP contribution in [0, 0.1) is 0 Å². The molecule has 0 atom stereocenters. The summed E-state index contributed by atoms with van der Waals surface area (Å²) >= 11 is 7.33. The molecule has 6 rings (SSSR count). The maximum absolute atomic E-state index is 13.9. The third-order valence-electron chi connectivity index (χ3n) is 6.88. The second-order valence-corrected chi connectivity index (χ2v) is 14.4. The summed E-state index contributed by atoms with van der Waals surface area (Å²) in [6, 6.07) is 31.2. The number of nitrogens with zero attached hydrogens (tertiary/aromatic N) is 2. The van der Waals surface area contributed by atoms with Gasteiger partial charge in [-0.25, -0.2) is 24.8 Å². The Kier molecular flexibility index (Phi) is 6.98. The number of fused-ring (bicyclic) bond motifs is 2. The first-order valence-corrected chi connectivity index (χ1v) is 16.9. The minimum absolute atomic E-state index is 0.173. The Labute approximate surface area is 249 Å². The van der Waals surface area contributed by atoms with Gasteiger partial charge in [0.2, 0.25) is 0 Å². The third-order valence-corrected chi connectivity index (χ3v) is 12.2. The average molecular weight is 698 g/mol. The Bertz CT molecular complexity index is 1950. The quantitative estimate of drug-likeness (QED) is 0.174. The van der Waals surface area contributed by atoms with Gasteiger partial charge in [-0.3, -0.25) is 0 Å². The first-order valence-electron chi connectivity index (χ1n) is 12.4. The summed E-state index contributed by atoms with van der Waals surface area (Å²) in [6.07, 6.45) is 0.501. The van der Waals surface area contributed by atoms with Gasteiger partial charge in [0.25, 0.3) is 20.0 Å². The van der Waals surface area contributed by atoms with Crippen LogP contribution in [0.25, 0.3) is 21.8 Å². The molecule has 0 bridgehead atoms. The molecule has 2 heterocycles. The fourth-order valence-corrected chi connectivity index (χ4v) is 9.92. The van der Waals surface area contributed by atoms with Crippen LogP contribution < -0.4 is 0 Å². The molecule has 40 heavy (non-hydrogen) atoms. The second kappa shape index (κ2) is 10.3. The lowest BCUT2D eigenvalue weighted by Crippen LogP contribution is -2.18. The van der Waals surface area contributed by atoms with Crippen molar-refractivity contribution in [2.24, 2.45) is 0 Å². The molecule has 0 saturated carbocycles. The molecule has 0 aliphatic carbocycles. The molecule has 6 nitrogen and oxygen atoms in total. The summed E-state index contributed by atoms with van der Waals surface area (Å²) in [4.78, 5) is 0.345. The van der Waals surface area contributed by atoms with Gasteiger partial charge in [-0.05, 0) is 81.1 Å². The van der Waals surface area contributed by atoms with Gasteiger partial charge in [0.05, 0.1) is 32.2 Å². The van der Waals surface area contributed by atoms with E-state index in [0.717, 1.165) is 10.8 Å². The zero-order valence-corrected chi connectivity index (χ0v) is 25.7. The minimum atomic E-state index is -3.95. The summed E-state index contributed by atoms with van der Waals surface area (Å²) < 4.78 is 59.8. The largest absolute Gasteiger partial charge is 0.268 e. The van der Waals surface area contributed by atoms with Crippen molar-refractivity contribution in [2.45, 2.75) is 22.6 Å². The predicted molar refractivity (Wildman–Crippen MR) is 165 cm³/mol. The van der Waals surface area contributed by atoms with Crippen LogP contribution in [0.3, 0.4) is 0 Å². The van der Waals surface area contributed by atoms with Crippen molar-refractivity contribution in [1.82, 2.24) is 7.94 Å². The van der Waals surface area contributed by atoms with Crippen LogP contribution in [0.2, 0.25) is 0 Å². The van der Waals surface area contributed by atoms with E-state index in [1.54, 1.807) is 84.9 Å². The molecule has 0 spiro atoms. The van der Waals surface area contributed by atoms with E-state index >= 15 is 0 Å². The zero-order valence-electron chi connectivity index (χ0n) is 20.9. The van der Waals surface area contributed by atoms with Crippen LogP contribution in [-0.4, -0.2) is 24.8 Å². The maximum atomic E-state index is 13.9. The van der Waals surface area contributed by atoms with E-state index in [4.69, 9.17) is 0 Å². The van der Waals surface area contributed by atoms with Crippen LogP contribution >= 0.6 is 31.9 Å². The van der Waals surface area contributed by atoms with Gasteiger partial charge in [-0.2, -0.15) is 0 Å². The normalized spacial score (nSPS) is 12.3. The highest BCUT2D eigenvalue weighted by Crippen LogP contribution is 2.38. The average Bonchev–Trinajstić information content (AvgIpc) is 3.44. The maximum Gasteiger partial charge on any atom is 0.268 e. The summed E-state index contributed by atoms with van der Waals surface area (Å²) in [5.41, 5.74) is 2.16. The standard InChI is InChI=1S/C30H22Br2N2O4S2/c31-29-23-15-7-9-17-25(23)33(39(35,36)21-11-3-1-4-12-21)27(29)19-20-28-30(32)24-16-8-10-18-26(24)34(28)40(37,38)22-13-5-2-6-14-22/h1-18H,19-20H2. The van der Waals surface area contributed by atoms with E-state index in [0.29, 0.717) is 31.4 Å².